The van der Waals surface area contributed by atoms with E-state index in [-0.39, 0.29) is 0 Å². The number of hydrogen-bond acceptors (Lipinski definition) is 5. The van der Waals surface area contributed by atoms with E-state index in [0.717, 1.165) is 34.3 Å². The summed E-state index contributed by atoms with van der Waals surface area (Å²) in [5.74, 6) is 1.67. The second kappa shape index (κ2) is 7.32. The zero-order chi connectivity index (χ0) is 16.2. The third-order valence-electron chi connectivity index (χ3n) is 4.27. The highest BCUT2D eigenvalue weighted by Crippen LogP contribution is 2.32. The maximum atomic E-state index is 5.46. The molecular weight excluding hydrogens is 308 g/mol. The van der Waals surface area contributed by atoms with Crippen LogP contribution in [0, 0.1) is 5.92 Å². The number of hydrogen-bond donors (Lipinski definition) is 1. The summed E-state index contributed by atoms with van der Waals surface area (Å²) in [4.78, 5) is 6.21. The minimum Gasteiger partial charge on any atom is -0.496 e. The first-order valence-electron chi connectivity index (χ1n) is 8.06. The Hall–Kier alpha value is -1.59. The van der Waals surface area contributed by atoms with Crippen molar-refractivity contribution in [1.82, 2.24) is 4.98 Å². The molecule has 0 radical (unpaired) electrons. The number of benzene rings is 1. The lowest BCUT2D eigenvalue weighted by molar-refractivity contribution is 0.185. The van der Waals surface area contributed by atoms with Crippen LogP contribution < -0.4 is 10.1 Å². The van der Waals surface area contributed by atoms with E-state index in [1.54, 1.807) is 25.6 Å². The Kier molecular flexibility index (Phi) is 5.18. The minimum atomic E-state index is 0.612. The van der Waals surface area contributed by atoms with Crippen LogP contribution in [0.3, 0.4) is 0 Å². The van der Waals surface area contributed by atoms with E-state index in [2.05, 4.69) is 18.3 Å². The molecule has 23 heavy (non-hydrogen) atoms. The van der Waals surface area contributed by atoms with Gasteiger partial charge >= 0.3 is 0 Å². The first-order valence-corrected chi connectivity index (χ1v) is 8.88. The summed E-state index contributed by atoms with van der Waals surface area (Å²) in [5.41, 5.74) is 3.57. The van der Waals surface area contributed by atoms with Gasteiger partial charge in [-0.05, 0) is 42.9 Å². The zero-order valence-corrected chi connectivity index (χ0v) is 14.8. The van der Waals surface area contributed by atoms with E-state index >= 15 is 0 Å². The van der Waals surface area contributed by atoms with Gasteiger partial charge in [0.1, 0.15) is 5.75 Å². The molecule has 0 aliphatic heterocycles. The van der Waals surface area contributed by atoms with Gasteiger partial charge in [0.2, 0.25) is 0 Å². The highest BCUT2D eigenvalue weighted by atomic mass is 32.1. The predicted molar refractivity (Wildman–Crippen MR) is 94.3 cm³/mol. The molecule has 1 aliphatic rings. The molecule has 1 aliphatic carbocycles. The minimum absolute atomic E-state index is 0.612. The standard InChI is InChI=1S/C18H24N2O2S/c1-12-4-6-15-17(8-12)23-18(20-15)19-10-14-9-13(11-21-2)5-7-16(14)22-3/h5,7,9,12H,4,6,8,10-11H2,1-3H3,(H,19,20). The Labute approximate surface area is 141 Å². The molecule has 4 nitrogen and oxygen atoms in total. The van der Waals surface area contributed by atoms with E-state index < -0.39 is 0 Å². The quantitative estimate of drug-likeness (QED) is 0.867. The zero-order valence-electron chi connectivity index (χ0n) is 14.0. The lowest BCUT2D eigenvalue weighted by atomic mass is 9.93. The predicted octanol–water partition coefficient (Wildman–Crippen LogP) is 4.04. The van der Waals surface area contributed by atoms with Crippen LogP contribution >= 0.6 is 11.3 Å². The smallest absolute Gasteiger partial charge is 0.183 e. The van der Waals surface area contributed by atoms with Crippen molar-refractivity contribution in [2.24, 2.45) is 5.92 Å². The van der Waals surface area contributed by atoms with Crippen molar-refractivity contribution in [3.8, 4) is 5.75 Å². The number of nitrogens with zero attached hydrogens (tertiary/aromatic N) is 1. The van der Waals surface area contributed by atoms with Gasteiger partial charge in [0.05, 0.1) is 19.4 Å². The second-order valence-electron chi connectivity index (χ2n) is 6.17. The monoisotopic (exact) mass is 332 g/mol. The van der Waals surface area contributed by atoms with Crippen molar-refractivity contribution < 1.29 is 9.47 Å². The fourth-order valence-electron chi connectivity index (χ4n) is 3.01. The molecule has 1 aromatic heterocycles. The van der Waals surface area contributed by atoms with Crippen LogP contribution in [0.25, 0.3) is 0 Å². The van der Waals surface area contributed by atoms with Crippen LogP contribution in [-0.4, -0.2) is 19.2 Å². The molecule has 0 bridgehead atoms. The Balaban J connectivity index is 1.71. The maximum Gasteiger partial charge on any atom is 0.183 e. The number of aryl methyl sites for hydroxylation is 1. The molecule has 0 fully saturated rings. The van der Waals surface area contributed by atoms with Crippen molar-refractivity contribution in [3.63, 3.8) is 0 Å². The van der Waals surface area contributed by atoms with E-state index in [0.29, 0.717) is 13.2 Å². The number of thiazole rings is 1. The number of fused-ring (bicyclic) bond motifs is 1. The van der Waals surface area contributed by atoms with Gasteiger partial charge in [0.15, 0.2) is 5.13 Å². The normalized spacial score (nSPS) is 16.9. The summed E-state index contributed by atoms with van der Waals surface area (Å²) in [6, 6.07) is 6.17. The summed E-state index contributed by atoms with van der Waals surface area (Å²) < 4.78 is 10.7. The second-order valence-corrected chi connectivity index (χ2v) is 7.25. The summed E-state index contributed by atoms with van der Waals surface area (Å²) in [7, 11) is 3.42. The molecule has 2 aromatic rings. The van der Waals surface area contributed by atoms with E-state index in [9.17, 15) is 0 Å². The van der Waals surface area contributed by atoms with Gasteiger partial charge in [0, 0.05) is 24.1 Å². The van der Waals surface area contributed by atoms with Gasteiger partial charge in [-0.2, -0.15) is 0 Å². The number of aromatic nitrogens is 1. The molecule has 5 heteroatoms. The van der Waals surface area contributed by atoms with Gasteiger partial charge in [-0.25, -0.2) is 4.98 Å². The number of anilines is 1. The fourth-order valence-corrected chi connectivity index (χ4v) is 4.18. The molecule has 0 amide bonds. The van der Waals surface area contributed by atoms with Crippen molar-refractivity contribution in [1.29, 1.82) is 0 Å². The van der Waals surface area contributed by atoms with Gasteiger partial charge in [-0.1, -0.05) is 13.0 Å². The van der Waals surface area contributed by atoms with Crippen molar-refractivity contribution in [2.45, 2.75) is 39.3 Å². The highest BCUT2D eigenvalue weighted by molar-refractivity contribution is 7.15. The van der Waals surface area contributed by atoms with Gasteiger partial charge in [0.25, 0.3) is 0 Å². The SMILES string of the molecule is COCc1ccc(OC)c(CNc2nc3c(s2)CC(C)CC3)c1. The van der Waals surface area contributed by atoms with E-state index in [4.69, 9.17) is 14.5 Å². The Morgan fingerprint density at radius 3 is 3.00 bits per heavy atom. The first-order chi connectivity index (χ1) is 11.2. The molecule has 1 N–H and O–H groups in total. The van der Waals surface area contributed by atoms with E-state index in [1.165, 1.54) is 23.4 Å². The molecule has 0 spiro atoms. The largest absolute Gasteiger partial charge is 0.496 e. The van der Waals surface area contributed by atoms with Crippen LogP contribution in [0.5, 0.6) is 5.75 Å². The molecule has 1 heterocycles. The number of nitrogens with one attached hydrogen (secondary N) is 1. The average Bonchev–Trinajstić information content (AvgIpc) is 2.95. The van der Waals surface area contributed by atoms with Crippen LogP contribution in [0.4, 0.5) is 5.13 Å². The molecule has 1 atom stereocenters. The number of methoxy groups -OCH3 is 2. The van der Waals surface area contributed by atoms with Gasteiger partial charge in [-0.3, -0.25) is 0 Å². The molecule has 3 rings (SSSR count). The van der Waals surface area contributed by atoms with Crippen LogP contribution in [0.1, 0.15) is 35.0 Å². The molecular formula is C18H24N2O2S. The average molecular weight is 332 g/mol. The maximum absolute atomic E-state index is 5.46. The van der Waals surface area contributed by atoms with Crippen LogP contribution in [0.2, 0.25) is 0 Å². The number of ether oxygens (including phenoxy) is 2. The summed E-state index contributed by atoms with van der Waals surface area (Å²) in [6.07, 6.45) is 3.53. The molecule has 1 unspecified atom stereocenters. The summed E-state index contributed by atoms with van der Waals surface area (Å²) in [6.45, 7) is 3.64. The van der Waals surface area contributed by atoms with Crippen molar-refractivity contribution >= 4 is 16.5 Å². The van der Waals surface area contributed by atoms with Crippen molar-refractivity contribution in [2.75, 3.05) is 19.5 Å². The lowest BCUT2D eigenvalue weighted by Gasteiger charge is -2.15. The molecule has 0 saturated carbocycles. The van der Waals surface area contributed by atoms with Gasteiger partial charge in [-0.15, -0.1) is 11.3 Å². The Bertz CT molecular complexity index is 669. The highest BCUT2D eigenvalue weighted by Gasteiger charge is 2.19. The topological polar surface area (TPSA) is 43.4 Å². The van der Waals surface area contributed by atoms with Gasteiger partial charge < -0.3 is 14.8 Å². The summed E-state index contributed by atoms with van der Waals surface area (Å²) >= 11 is 1.80. The van der Waals surface area contributed by atoms with Crippen LogP contribution in [0.15, 0.2) is 18.2 Å². The Morgan fingerprint density at radius 2 is 2.22 bits per heavy atom. The first kappa shape index (κ1) is 16.3. The molecule has 0 saturated heterocycles. The Morgan fingerprint density at radius 1 is 1.35 bits per heavy atom. The molecule has 1 aromatic carbocycles. The van der Waals surface area contributed by atoms with E-state index in [1.807, 2.05) is 12.1 Å². The van der Waals surface area contributed by atoms with Crippen molar-refractivity contribution in [3.05, 3.63) is 39.9 Å². The lowest BCUT2D eigenvalue weighted by Crippen LogP contribution is -2.09. The number of rotatable bonds is 6. The third kappa shape index (κ3) is 3.85. The summed E-state index contributed by atoms with van der Waals surface area (Å²) in [5, 5.41) is 4.48. The fraction of sp³-hybridized carbons (Fsp3) is 0.500. The van der Waals surface area contributed by atoms with Crippen LogP contribution in [-0.2, 0) is 30.7 Å². The molecule has 124 valence electrons. The third-order valence-corrected chi connectivity index (χ3v) is 5.35.